The molecule has 1 amide bonds. The molecule has 0 saturated heterocycles. The van der Waals surface area contributed by atoms with E-state index >= 15 is 0 Å². The molecule has 1 aromatic rings. The van der Waals surface area contributed by atoms with Crippen molar-refractivity contribution in [2.45, 2.75) is 38.5 Å². The third kappa shape index (κ3) is 4.41. The molecule has 23 heavy (non-hydrogen) atoms. The summed E-state index contributed by atoms with van der Waals surface area (Å²) < 4.78 is 10.9. The van der Waals surface area contributed by atoms with E-state index in [1.54, 1.807) is 26.4 Å². The molecular weight excluding hydrogens is 290 g/mol. The predicted octanol–water partition coefficient (Wildman–Crippen LogP) is 3.19. The van der Waals surface area contributed by atoms with Crippen molar-refractivity contribution in [1.29, 1.82) is 0 Å². The first-order chi connectivity index (χ1) is 11.2. The van der Waals surface area contributed by atoms with Gasteiger partial charge in [-0.15, -0.1) is 12.3 Å². The van der Waals surface area contributed by atoms with Gasteiger partial charge in [0.15, 0.2) is 0 Å². The zero-order valence-electron chi connectivity index (χ0n) is 14.0. The standard InChI is InChI=1S/C19H25NO3/c1-4-5-10-16-17(22-2)11-15(12-18(16)23-3)19(21)20-13-14-8-6-7-9-14/h1,11-12,14H,5-10,13H2,2-3H3,(H,20,21). The molecule has 1 aromatic carbocycles. The van der Waals surface area contributed by atoms with Gasteiger partial charge in [-0.1, -0.05) is 12.8 Å². The maximum absolute atomic E-state index is 12.4. The van der Waals surface area contributed by atoms with Crippen molar-refractivity contribution >= 4 is 5.91 Å². The fourth-order valence-corrected chi connectivity index (χ4v) is 3.11. The lowest BCUT2D eigenvalue weighted by atomic mass is 10.0. The Morgan fingerprint density at radius 1 is 1.26 bits per heavy atom. The maximum Gasteiger partial charge on any atom is 0.251 e. The number of terminal acetylenes is 1. The molecule has 1 fully saturated rings. The highest BCUT2D eigenvalue weighted by molar-refractivity contribution is 5.95. The number of carbonyl (C=O) groups is 1. The van der Waals surface area contributed by atoms with Crippen LogP contribution in [0.4, 0.5) is 0 Å². The Hall–Kier alpha value is -2.15. The maximum atomic E-state index is 12.4. The first-order valence-electron chi connectivity index (χ1n) is 8.16. The zero-order valence-corrected chi connectivity index (χ0v) is 14.0. The van der Waals surface area contributed by atoms with Crippen molar-refractivity contribution in [2.75, 3.05) is 20.8 Å². The van der Waals surface area contributed by atoms with Crippen LogP contribution in [-0.4, -0.2) is 26.7 Å². The van der Waals surface area contributed by atoms with Gasteiger partial charge in [-0.2, -0.15) is 0 Å². The Morgan fingerprint density at radius 2 is 1.87 bits per heavy atom. The van der Waals surface area contributed by atoms with Gasteiger partial charge in [0.1, 0.15) is 11.5 Å². The third-order valence-corrected chi connectivity index (χ3v) is 4.42. The Morgan fingerprint density at radius 3 is 2.39 bits per heavy atom. The van der Waals surface area contributed by atoms with Crippen LogP contribution in [-0.2, 0) is 6.42 Å². The van der Waals surface area contributed by atoms with Crippen LogP contribution in [0.5, 0.6) is 11.5 Å². The van der Waals surface area contributed by atoms with Gasteiger partial charge in [0.25, 0.3) is 5.91 Å². The molecule has 124 valence electrons. The van der Waals surface area contributed by atoms with Gasteiger partial charge in [0, 0.05) is 24.1 Å². The largest absolute Gasteiger partial charge is 0.496 e. The van der Waals surface area contributed by atoms with Gasteiger partial charge in [0.05, 0.1) is 14.2 Å². The predicted molar refractivity (Wildman–Crippen MR) is 91.0 cm³/mol. The molecular formula is C19H25NO3. The molecule has 0 bridgehead atoms. The van der Waals surface area contributed by atoms with Gasteiger partial charge >= 0.3 is 0 Å². The Kier molecular flexibility index (Phi) is 6.34. The number of carbonyl (C=O) groups excluding carboxylic acids is 1. The summed E-state index contributed by atoms with van der Waals surface area (Å²) in [4.78, 5) is 12.4. The normalized spacial score (nSPS) is 14.3. The Labute approximate surface area is 138 Å². The van der Waals surface area contributed by atoms with E-state index in [9.17, 15) is 4.79 Å². The zero-order chi connectivity index (χ0) is 16.7. The van der Waals surface area contributed by atoms with E-state index in [2.05, 4.69) is 11.2 Å². The average molecular weight is 315 g/mol. The molecule has 1 saturated carbocycles. The number of nitrogens with one attached hydrogen (secondary N) is 1. The SMILES string of the molecule is C#CCCc1c(OC)cc(C(=O)NCC2CCCC2)cc1OC. The number of methoxy groups -OCH3 is 2. The highest BCUT2D eigenvalue weighted by Crippen LogP contribution is 2.32. The summed E-state index contributed by atoms with van der Waals surface area (Å²) in [6.45, 7) is 0.738. The van der Waals surface area contributed by atoms with Gasteiger partial charge < -0.3 is 14.8 Å². The fraction of sp³-hybridized carbons (Fsp3) is 0.526. The van der Waals surface area contributed by atoms with E-state index in [0.29, 0.717) is 35.8 Å². The van der Waals surface area contributed by atoms with Crippen LogP contribution in [0.2, 0.25) is 0 Å². The number of rotatable bonds is 7. The summed E-state index contributed by atoms with van der Waals surface area (Å²) in [6, 6.07) is 3.52. The summed E-state index contributed by atoms with van der Waals surface area (Å²) in [5.74, 6) is 4.43. The molecule has 4 heteroatoms. The molecule has 0 aliphatic heterocycles. The van der Waals surface area contributed by atoms with Gasteiger partial charge in [-0.25, -0.2) is 0 Å². The second kappa shape index (κ2) is 8.47. The summed E-state index contributed by atoms with van der Waals surface area (Å²) >= 11 is 0. The quantitative estimate of drug-likeness (QED) is 0.786. The number of hydrogen-bond acceptors (Lipinski definition) is 3. The molecule has 0 aromatic heterocycles. The fourth-order valence-electron chi connectivity index (χ4n) is 3.11. The number of ether oxygens (including phenoxy) is 2. The van der Waals surface area contributed by atoms with E-state index in [1.807, 2.05) is 0 Å². The lowest BCUT2D eigenvalue weighted by Crippen LogP contribution is -2.28. The van der Waals surface area contributed by atoms with Crippen molar-refractivity contribution in [1.82, 2.24) is 5.32 Å². The minimum atomic E-state index is -0.0861. The van der Waals surface area contributed by atoms with E-state index in [-0.39, 0.29) is 5.91 Å². The summed E-state index contributed by atoms with van der Waals surface area (Å²) in [5.41, 5.74) is 1.46. The van der Waals surface area contributed by atoms with Gasteiger partial charge in [-0.3, -0.25) is 4.79 Å². The number of hydrogen-bond donors (Lipinski definition) is 1. The van der Waals surface area contributed by atoms with Crippen LogP contribution in [0.3, 0.4) is 0 Å². The number of benzene rings is 1. The molecule has 1 aliphatic carbocycles. The van der Waals surface area contributed by atoms with Gasteiger partial charge in [0.2, 0.25) is 0 Å². The van der Waals surface area contributed by atoms with Crippen molar-refractivity contribution < 1.29 is 14.3 Å². The topological polar surface area (TPSA) is 47.6 Å². The Balaban J connectivity index is 2.14. The first kappa shape index (κ1) is 17.2. The van der Waals surface area contributed by atoms with E-state index in [0.717, 1.165) is 12.1 Å². The smallest absolute Gasteiger partial charge is 0.251 e. The molecule has 2 rings (SSSR count). The van der Waals surface area contributed by atoms with E-state index in [4.69, 9.17) is 15.9 Å². The van der Waals surface area contributed by atoms with Crippen molar-refractivity contribution in [2.24, 2.45) is 5.92 Å². The third-order valence-electron chi connectivity index (χ3n) is 4.42. The summed E-state index contributed by atoms with van der Waals surface area (Å²) in [5, 5.41) is 3.02. The van der Waals surface area contributed by atoms with Crippen molar-refractivity contribution in [3.63, 3.8) is 0 Å². The molecule has 0 heterocycles. The van der Waals surface area contributed by atoms with E-state index < -0.39 is 0 Å². The highest BCUT2D eigenvalue weighted by atomic mass is 16.5. The molecule has 4 nitrogen and oxygen atoms in total. The lowest BCUT2D eigenvalue weighted by Gasteiger charge is -2.16. The van der Waals surface area contributed by atoms with Crippen LogP contribution in [0.15, 0.2) is 12.1 Å². The Bertz CT molecular complexity index is 558. The molecule has 0 atom stereocenters. The molecule has 0 unspecified atom stereocenters. The first-order valence-corrected chi connectivity index (χ1v) is 8.16. The second-order valence-corrected chi connectivity index (χ2v) is 5.92. The van der Waals surface area contributed by atoms with Crippen LogP contribution in [0, 0.1) is 18.3 Å². The molecule has 0 spiro atoms. The number of amides is 1. The summed E-state index contributed by atoms with van der Waals surface area (Å²) in [6.07, 6.45) is 11.6. The van der Waals surface area contributed by atoms with Crippen LogP contribution in [0.25, 0.3) is 0 Å². The minimum absolute atomic E-state index is 0.0861. The van der Waals surface area contributed by atoms with Crippen LogP contribution >= 0.6 is 0 Å². The van der Waals surface area contributed by atoms with E-state index in [1.165, 1.54) is 25.7 Å². The highest BCUT2D eigenvalue weighted by Gasteiger charge is 2.19. The molecule has 1 aliphatic rings. The van der Waals surface area contributed by atoms with Gasteiger partial charge in [-0.05, 0) is 37.3 Å². The van der Waals surface area contributed by atoms with Crippen LogP contribution in [0.1, 0.15) is 48.0 Å². The van der Waals surface area contributed by atoms with Crippen molar-refractivity contribution in [3.8, 4) is 23.8 Å². The molecule has 0 radical (unpaired) electrons. The van der Waals surface area contributed by atoms with Crippen LogP contribution < -0.4 is 14.8 Å². The second-order valence-electron chi connectivity index (χ2n) is 5.92. The average Bonchev–Trinajstić information content (AvgIpc) is 3.10. The van der Waals surface area contributed by atoms with Crippen molar-refractivity contribution in [3.05, 3.63) is 23.3 Å². The monoisotopic (exact) mass is 315 g/mol. The molecule has 1 N–H and O–H groups in total. The lowest BCUT2D eigenvalue weighted by molar-refractivity contribution is 0.0946. The minimum Gasteiger partial charge on any atom is -0.496 e. The summed E-state index contributed by atoms with van der Waals surface area (Å²) in [7, 11) is 3.18.